The second kappa shape index (κ2) is 8.70. The number of methoxy groups -OCH3 is 1. The lowest BCUT2D eigenvalue weighted by molar-refractivity contribution is 0.407. The molecular formula is C18H29NOS. The van der Waals surface area contributed by atoms with Gasteiger partial charge in [-0.1, -0.05) is 37.0 Å². The largest absolute Gasteiger partial charge is 0.496 e. The summed E-state index contributed by atoms with van der Waals surface area (Å²) in [6.45, 7) is 2.15. The molecular weight excluding hydrogens is 278 g/mol. The first-order chi connectivity index (χ1) is 10.2. The van der Waals surface area contributed by atoms with E-state index in [0.29, 0.717) is 6.04 Å². The standard InChI is InChI=1S/C18H29NOS/c1-14-9-10-18(20-3)15(11-14)12-16(19-2)13-21-17-7-5-4-6-8-17/h9-11,16-17,19H,4-8,12-13H2,1-3H3. The molecule has 0 saturated heterocycles. The molecule has 2 rings (SSSR count). The fraction of sp³-hybridized carbons (Fsp3) is 0.667. The first-order valence-electron chi connectivity index (χ1n) is 8.15. The van der Waals surface area contributed by atoms with Gasteiger partial charge < -0.3 is 10.1 Å². The van der Waals surface area contributed by atoms with Crippen molar-refractivity contribution >= 4 is 11.8 Å². The average Bonchev–Trinajstić information content (AvgIpc) is 2.52. The first kappa shape index (κ1) is 16.7. The van der Waals surface area contributed by atoms with Crippen molar-refractivity contribution in [3.63, 3.8) is 0 Å². The lowest BCUT2D eigenvalue weighted by Gasteiger charge is -2.24. The molecule has 0 radical (unpaired) electrons. The minimum absolute atomic E-state index is 0.521. The van der Waals surface area contributed by atoms with Crippen LogP contribution in [0, 0.1) is 6.92 Å². The lowest BCUT2D eigenvalue weighted by Crippen LogP contribution is -2.31. The van der Waals surface area contributed by atoms with Crippen molar-refractivity contribution in [3.8, 4) is 5.75 Å². The molecule has 0 aliphatic heterocycles. The molecule has 0 spiro atoms. The highest BCUT2D eigenvalue weighted by atomic mass is 32.2. The fourth-order valence-electron chi connectivity index (χ4n) is 3.06. The minimum Gasteiger partial charge on any atom is -0.496 e. The summed E-state index contributed by atoms with van der Waals surface area (Å²) in [7, 11) is 3.84. The number of benzene rings is 1. The van der Waals surface area contributed by atoms with E-state index in [1.807, 2.05) is 0 Å². The zero-order valence-electron chi connectivity index (χ0n) is 13.7. The third kappa shape index (κ3) is 5.23. The van der Waals surface area contributed by atoms with E-state index in [0.717, 1.165) is 17.4 Å². The number of hydrogen-bond donors (Lipinski definition) is 1. The molecule has 0 heterocycles. The smallest absolute Gasteiger partial charge is 0.122 e. The van der Waals surface area contributed by atoms with Gasteiger partial charge in [0.1, 0.15) is 5.75 Å². The summed E-state index contributed by atoms with van der Waals surface area (Å²) in [5.41, 5.74) is 2.63. The summed E-state index contributed by atoms with van der Waals surface area (Å²) in [4.78, 5) is 0. The molecule has 1 aromatic rings. The van der Waals surface area contributed by atoms with E-state index in [2.05, 4.69) is 49.2 Å². The zero-order valence-corrected chi connectivity index (χ0v) is 14.5. The molecule has 1 saturated carbocycles. The van der Waals surface area contributed by atoms with Crippen LogP contribution < -0.4 is 10.1 Å². The third-order valence-corrected chi connectivity index (χ3v) is 5.93. The second-order valence-electron chi connectivity index (χ2n) is 6.10. The lowest BCUT2D eigenvalue weighted by atomic mass is 10.0. The highest BCUT2D eigenvalue weighted by molar-refractivity contribution is 7.99. The van der Waals surface area contributed by atoms with E-state index in [1.165, 1.54) is 49.0 Å². The maximum Gasteiger partial charge on any atom is 0.122 e. The molecule has 0 amide bonds. The molecule has 3 heteroatoms. The summed E-state index contributed by atoms with van der Waals surface area (Å²) >= 11 is 2.16. The molecule has 1 aliphatic rings. The van der Waals surface area contributed by atoms with Gasteiger partial charge in [0, 0.05) is 17.0 Å². The van der Waals surface area contributed by atoms with Crippen LogP contribution in [-0.2, 0) is 6.42 Å². The zero-order chi connectivity index (χ0) is 15.1. The fourth-order valence-corrected chi connectivity index (χ4v) is 4.52. The van der Waals surface area contributed by atoms with Crippen LogP contribution in [0.4, 0.5) is 0 Å². The quantitative estimate of drug-likeness (QED) is 0.816. The van der Waals surface area contributed by atoms with Crippen LogP contribution in [0.15, 0.2) is 18.2 Å². The van der Waals surface area contributed by atoms with Gasteiger partial charge in [-0.25, -0.2) is 0 Å². The number of likely N-dealkylation sites (N-methyl/N-ethyl adjacent to an activating group) is 1. The molecule has 1 aliphatic carbocycles. The van der Waals surface area contributed by atoms with E-state index in [4.69, 9.17) is 4.74 Å². The van der Waals surface area contributed by atoms with Crippen molar-refractivity contribution in [3.05, 3.63) is 29.3 Å². The molecule has 1 N–H and O–H groups in total. The van der Waals surface area contributed by atoms with Crippen LogP contribution in [-0.4, -0.2) is 31.2 Å². The minimum atomic E-state index is 0.521. The monoisotopic (exact) mass is 307 g/mol. The summed E-state index contributed by atoms with van der Waals surface area (Å²) < 4.78 is 5.51. The Kier molecular flexibility index (Phi) is 6.91. The van der Waals surface area contributed by atoms with Crippen molar-refractivity contribution in [2.24, 2.45) is 0 Å². The van der Waals surface area contributed by atoms with Crippen LogP contribution in [0.25, 0.3) is 0 Å². The van der Waals surface area contributed by atoms with Gasteiger partial charge >= 0.3 is 0 Å². The van der Waals surface area contributed by atoms with Gasteiger partial charge in [-0.2, -0.15) is 11.8 Å². The Morgan fingerprint density at radius 3 is 2.71 bits per heavy atom. The van der Waals surface area contributed by atoms with Crippen LogP contribution in [0.2, 0.25) is 0 Å². The highest BCUT2D eigenvalue weighted by Gasteiger charge is 2.17. The van der Waals surface area contributed by atoms with E-state index < -0.39 is 0 Å². The Hall–Kier alpha value is -0.670. The highest BCUT2D eigenvalue weighted by Crippen LogP contribution is 2.29. The first-order valence-corrected chi connectivity index (χ1v) is 9.20. The third-order valence-electron chi connectivity index (χ3n) is 4.40. The van der Waals surface area contributed by atoms with Crippen LogP contribution >= 0.6 is 11.8 Å². The van der Waals surface area contributed by atoms with E-state index in [9.17, 15) is 0 Å². The van der Waals surface area contributed by atoms with Gasteiger partial charge in [-0.3, -0.25) is 0 Å². The summed E-state index contributed by atoms with van der Waals surface area (Å²) in [5, 5.41) is 4.37. The Labute approximate surface area is 134 Å². The SMILES string of the molecule is CNC(CSC1CCCCC1)Cc1cc(C)ccc1OC. The van der Waals surface area contributed by atoms with Crippen LogP contribution in [0.1, 0.15) is 43.2 Å². The number of rotatable bonds is 7. The number of hydrogen-bond acceptors (Lipinski definition) is 3. The maximum atomic E-state index is 5.51. The Balaban J connectivity index is 1.90. The van der Waals surface area contributed by atoms with Gasteiger partial charge in [-0.05, 0) is 44.9 Å². The number of aryl methyl sites for hydroxylation is 1. The van der Waals surface area contributed by atoms with E-state index >= 15 is 0 Å². The second-order valence-corrected chi connectivity index (χ2v) is 7.43. The van der Waals surface area contributed by atoms with Gasteiger partial charge in [0.05, 0.1) is 7.11 Å². The van der Waals surface area contributed by atoms with Crippen molar-refractivity contribution in [2.45, 2.75) is 56.7 Å². The maximum absolute atomic E-state index is 5.51. The van der Waals surface area contributed by atoms with Gasteiger partial charge in [0.15, 0.2) is 0 Å². The Morgan fingerprint density at radius 2 is 2.05 bits per heavy atom. The normalized spacial score (nSPS) is 17.7. The van der Waals surface area contributed by atoms with Crippen molar-refractivity contribution < 1.29 is 4.74 Å². The predicted molar refractivity (Wildman–Crippen MR) is 93.6 cm³/mol. The molecule has 118 valence electrons. The molecule has 1 unspecified atom stereocenters. The van der Waals surface area contributed by atoms with Gasteiger partial charge in [0.25, 0.3) is 0 Å². The molecule has 1 atom stereocenters. The van der Waals surface area contributed by atoms with E-state index in [-0.39, 0.29) is 0 Å². The number of ether oxygens (including phenoxy) is 1. The summed E-state index contributed by atoms with van der Waals surface area (Å²) in [6, 6.07) is 6.99. The van der Waals surface area contributed by atoms with E-state index in [1.54, 1.807) is 7.11 Å². The predicted octanol–water partition coefficient (Wildman–Crippen LogP) is 4.20. The molecule has 1 aromatic carbocycles. The Morgan fingerprint density at radius 1 is 1.29 bits per heavy atom. The molecule has 1 fully saturated rings. The van der Waals surface area contributed by atoms with Gasteiger partial charge in [0.2, 0.25) is 0 Å². The number of thioether (sulfide) groups is 1. The van der Waals surface area contributed by atoms with Crippen molar-refractivity contribution in [2.75, 3.05) is 19.9 Å². The van der Waals surface area contributed by atoms with Crippen molar-refractivity contribution in [1.82, 2.24) is 5.32 Å². The molecule has 0 aromatic heterocycles. The van der Waals surface area contributed by atoms with Crippen LogP contribution in [0.5, 0.6) is 5.75 Å². The van der Waals surface area contributed by atoms with Crippen molar-refractivity contribution in [1.29, 1.82) is 0 Å². The topological polar surface area (TPSA) is 21.3 Å². The van der Waals surface area contributed by atoms with Gasteiger partial charge in [-0.15, -0.1) is 0 Å². The summed E-state index contributed by atoms with van der Waals surface area (Å²) in [6.07, 6.45) is 8.15. The Bertz CT molecular complexity index is 429. The van der Waals surface area contributed by atoms with Crippen LogP contribution in [0.3, 0.4) is 0 Å². The molecule has 2 nitrogen and oxygen atoms in total. The molecule has 0 bridgehead atoms. The number of nitrogens with one attached hydrogen (secondary N) is 1. The molecule has 21 heavy (non-hydrogen) atoms. The summed E-state index contributed by atoms with van der Waals surface area (Å²) in [5.74, 6) is 2.21. The average molecular weight is 308 g/mol.